The molecule has 1 unspecified atom stereocenters. The van der Waals surface area contributed by atoms with Gasteiger partial charge in [-0.2, -0.15) is 0 Å². The standard InChI is InChI=1S/C15H16FN/c1-2-17-15(12-8-4-3-5-9-12)13-10-6-7-11-14(13)16/h3-11,15,17H,2H2,1H3. The third-order valence-corrected chi connectivity index (χ3v) is 2.76. The molecule has 1 nitrogen and oxygen atoms in total. The molecule has 1 N–H and O–H groups in total. The van der Waals surface area contributed by atoms with Crippen molar-refractivity contribution in [3.8, 4) is 0 Å². The van der Waals surface area contributed by atoms with Crippen molar-refractivity contribution in [3.05, 3.63) is 71.5 Å². The normalized spacial score (nSPS) is 12.4. The van der Waals surface area contributed by atoms with E-state index in [1.165, 1.54) is 6.07 Å². The molecule has 17 heavy (non-hydrogen) atoms. The fourth-order valence-corrected chi connectivity index (χ4v) is 1.97. The van der Waals surface area contributed by atoms with Gasteiger partial charge in [0.15, 0.2) is 0 Å². The van der Waals surface area contributed by atoms with Gasteiger partial charge in [0.1, 0.15) is 5.82 Å². The monoisotopic (exact) mass is 229 g/mol. The van der Waals surface area contributed by atoms with Crippen LogP contribution < -0.4 is 5.32 Å². The first-order valence-corrected chi connectivity index (χ1v) is 5.85. The van der Waals surface area contributed by atoms with E-state index in [4.69, 9.17) is 0 Å². The maximum absolute atomic E-state index is 13.8. The van der Waals surface area contributed by atoms with Crippen LogP contribution in [0.4, 0.5) is 4.39 Å². The van der Waals surface area contributed by atoms with Crippen molar-refractivity contribution in [1.29, 1.82) is 0 Å². The highest BCUT2D eigenvalue weighted by Crippen LogP contribution is 2.23. The van der Waals surface area contributed by atoms with Gasteiger partial charge in [0, 0.05) is 5.56 Å². The molecule has 0 spiro atoms. The third-order valence-electron chi connectivity index (χ3n) is 2.76. The summed E-state index contributed by atoms with van der Waals surface area (Å²) in [6.07, 6.45) is 0. The minimum Gasteiger partial charge on any atom is -0.306 e. The van der Waals surface area contributed by atoms with E-state index < -0.39 is 0 Å². The quantitative estimate of drug-likeness (QED) is 0.845. The highest BCUT2D eigenvalue weighted by atomic mass is 19.1. The first kappa shape index (κ1) is 11.8. The Bertz CT molecular complexity index is 467. The SMILES string of the molecule is CCNC(c1ccccc1)c1ccccc1F. The lowest BCUT2D eigenvalue weighted by atomic mass is 9.98. The lowest BCUT2D eigenvalue weighted by Crippen LogP contribution is -2.22. The predicted molar refractivity (Wildman–Crippen MR) is 68.4 cm³/mol. The molecule has 0 bridgehead atoms. The molecule has 0 fully saturated rings. The zero-order chi connectivity index (χ0) is 12.1. The molecule has 0 aromatic heterocycles. The fourth-order valence-electron chi connectivity index (χ4n) is 1.97. The summed E-state index contributed by atoms with van der Waals surface area (Å²) in [4.78, 5) is 0. The van der Waals surface area contributed by atoms with Gasteiger partial charge in [0.05, 0.1) is 6.04 Å². The van der Waals surface area contributed by atoms with E-state index >= 15 is 0 Å². The van der Waals surface area contributed by atoms with E-state index in [0.29, 0.717) is 5.56 Å². The van der Waals surface area contributed by atoms with Gasteiger partial charge in [0.25, 0.3) is 0 Å². The first-order valence-electron chi connectivity index (χ1n) is 5.85. The number of halogens is 1. The van der Waals surface area contributed by atoms with Crippen molar-refractivity contribution >= 4 is 0 Å². The van der Waals surface area contributed by atoms with Crippen molar-refractivity contribution in [2.75, 3.05) is 6.54 Å². The molecule has 0 radical (unpaired) electrons. The molecule has 2 aromatic rings. The van der Waals surface area contributed by atoms with Gasteiger partial charge in [-0.25, -0.2) is 4.39 Å². The summed E-state index contributed by atoms with van der Waals surface area (Å²) in [5, 5.41) is 3.32. The second-order valence-corrected chi connectivity index (χ2v) is 3.92. The maximum Gasteiger partial charge on any atom is 0.128 e. The summed E-state index contributed by atoms with van der Waals surface area (Å²) in [5.74, 6) is -0.165. The van der Waals surface area contributed by atoms with Crippen LogP contribution in [-0.4, -0.2) is 6.54 Å². The molecule has 0 aliphatic rings. The molecule has 88 valence electrons. The van der Waals surface area contributed by atoms with Crippen LogP contribution in [0.25, 0.3) is 0 Å². The van der Waals surface area contributed by atoms with Crippen LogP contribution in [-0.2, 0) is 0 Å². The van der Waals surface area contributed by atoms with E-state index in [0.717, 1.165) is 12.1 Å². The van der Waals surface area contributed by atoms with Crippen LogP contribution >= 0.6 is 0 Å². The summed E-state index contributed by atoms with van der Waals surface area (Å²) in [5.41, 5.74) is 1.78. The molecule has 0 saturated heterocycles. The Balaban J connectivity index is 2.39. The summed E-state index contributed by atoms with van der Waals surface area (Å²) >= 11 is 0. The lowest BCUT2D eigenvalue weighted by Gasteiger charge is -2.19. The Kier molecular flexibility index (Phi) is 3.89. The van der Waals surface area contributed by atoms with Gasteiger partial charge in [-0.1, -0.05) is 55.5 Å². The Labute approximate surface area is 101 Å². The van der Waals surface area contributed by atoms with Gasteiger partial charge in [-0.05, 0) is 18.2 Å². The van der Waals surface area contributed by atoms with Gasteiger partial charge in [-0.15, -0.1) is 0 Å². The molecular formula is C15H16FN. The summed E-state index contributed by atoms with van der Waals surface area (Å²) in [7, 11) is 0. The minimum absolute atomic E-state index is 0.0811. The van der Waals surface area contributed by atoms with Gasteiger partial charge < -0.3 is 5.32 Å². The Morgan fingerprint density at radius 1 is 1.00 bits per heavy atom. The third kappa shape index (κ3) is 2.71. The molecule has 2 heteroatoms. The molecule has 0 amide bonds. The van der Waals surface area contributed by atoms with Gasteiger partial charge in [-0.3, -0.25) is 0 Å². The van der Waals surface area contributed by atoms with Crippen molar-refractivity contribution < 1.29 is 4.39 Å². The maximum atomic E-state index is 13.8. The van der Waals surface area contributed by atoms with Crippen LogP contribution in [0.2, 0.25) is 0 Å². The van der Waals surface area contributed by atoms with Crippen LogP contribution in [0.5, 0.6) is 0 Å². The van der Waals surface area contributed by atoms with Crippen molar-refractivity contribution in [3.63, 3.8) is 0 Å². The first-order chi connectivity index (χ1) is 8.33. The van der Waals surface area contributed by atoms with E-state index in [2.05, 4.69) is 5.32 Å². The Morgan fingerprint density at radius 2 is 1.65 bits per heavy atom. The topological polar surface area (TPSA) is 12.0 Å². The summed E-state index contributed by atoms with van der Waals surface area (Å²) < 4.78 is 13.8. The zero-order valence-corrected chi connectivity index (χ0v) is 9.86. The molecule has 1 atom stereocenters. The molecular weight excluding hydrogens is 213 g/mol. The van der Waals surface area contributed by atoms with Gasteiger partial charge >= 0.3 is 0 Å². The number of nitrogens with one attached hydrogen (secondary N) is 1. The van der Waals surface area contributed by atoms with Crippen LogP contribution in [0.3, 0.4) is 0 Å². The van der Waals surface area contributed by atoms with Gasteiger partial charge in [0.2, 0.25) is 0 Å². The average molecular weight is 229 g/mol. The Hall–Kier alpha value is -1.67. The van der Waals surface area contributed by atoms with Crippen molar-refractivity contribution in [2.24, 2.45) is 0 Å². The number of rotatable bonds is 4. The van der Waals surface area contributed by atoms with Crippen molar-refractivity contribution in [2.45, 2.75) is 13.0 Å². The minimum atomic E-state index is -0.165. The second kappa shape index (κ2) is 5.60. The van der Waals surface area contributed by atoms with E-state index in [9.17, 15) is 4.39 Å². The fraction of sp³-hybridized carbons (Fsp3) is 0.200. The zero-order valence-electron chi connectivity index (χ0n) is 9.86. The van der Waals surface area contributed by atoms with Crippen LogP contribution in [0.15, 0.2) is 54.6 Å². The molecule has 2 rings (SSSR count). The summed E-state index contributed by atoms with van der Waals surface area (Å²) in [6.45, 7) is 2.82. The molecule has 2 aromatic carbocycles. The predicted octanol–water partition coefficient (Wildman–Crippen LogP) is 3.52. The van der Waals surface area contributed by atoms with E-state index in [-0.39, 0.29) is 11.9 Å². The largest absolute Gasteiger partial charge is 0.306 e. The van der Waals surface area contributed by atoms with Crippen LogP contribution in [0, 0.1) is 5.82 Å². The average Bonchev–Trinajstić information content (AvgIpc) is 2.38. The lowest BCUT2D eigenvalue weighted by molar-refractivity contribution is 0.559. The highest BCUT2D eigenvalue weighted by molar-refractivity contribution is 5.32. The molecule has 0 heterocycles. The second-order valence-electron chi connectivity index (χ2n) is 3.92. The summed E-state index contributed by atoms with van der Waals surface area (Å²) in [6, 6.07) is 16.8. The Morgan fingerprint density at radius 3 is 2.29 bits per heavy atom. The highest BCUT2D eigenvalue weighted by Gasteiger charge is 2.15. The van der Waals surface area contributed by atoms with Crippen LogP contribution in [0.1, 0.15) is 24.1 Å². The van der Waals surface area contributed by atoms with Crippen molar-refractivity contribution in [1.82, 2.24) is 5.32 Å². The molecule has 0 saturated carbocycles. The molecule has 0 aliphatic carbocycles. The number of hydrogen-bond acceptors (Lipinski definition) is 1. The smallest absolute Gasteiger partial charge is 0.128 e. The van der Waals surface area contributed by atoms with E-state index in [1.807, 2.05) is 49.4 Å². The number of hydrogen-bond donors (Lipinski definition) is 1. The number of benzene rings is 2. The molecule has 0 aliphatic heterocycles. The van der Waals surface area contributed by atoms with E-state index in [1.54, 1.807) is 6.07 Å².